The van der Waals surface area contributed by atoms with Crippen LogP contribution in [0.4, 0.5) is 0 Å². The molecule has 0 aliphatic carbocycles. The van der Waals surface area contributed by atoms with Gasteiger partial charge in [0, 0.05) is 22.8 Å². The van der Waals surface area contributed by atoms with Gasteiger partial charge in [0.15, 0.2) is 5.76 Å². The molecule has 0 bridgehead atoms. The van der Waals surface area contributed by atoms with Gasteiger partial charge >= 0.3 is 0 Å². The second-order valence-electron chi connectivity index (χ2n) is 4.35. The third-order valence-corrected chi connectivity index (χ3v) is 3.76. The Morgan fingerprint density at radius 3 is 2.58 bits per heavy atom. The Morgan fingerprint density at radius 1 is 1.21 bits per heavy atom. The molecule has 0 atom stereocenters. The van der Waals surface area contributed by atoms with Crippen LogP contribution in [0.3, 0.4) is 0 Å². The molecule has 0 fully saturated rings. The quantitative estimate of drug-likeness (QED) is 0.671. The molecule has 1 heterocycles. The molecule has 1 amide bonds. The first kappa shape index (κ1) is 13.7. The van der Waals surface area contributed by atoms with E-state index in [-0.39, 0.29) is 5.91 Å². The predicted molar refractivity (Wildman–Crippen MR) is 77.7 cm³/mol. The fourth-order valence-electron chi connectivity index (χ4n) is 1.65. The molecule has 4 heteroatoms. The van der Waals surface area contributed by atoms with E-state index in [0.29, 0.717) is 12.3 Å². The second kappa shape index (κ2) is 6.48. The largest absolute Gasteiger partial charge is 0.459 e. The molecule has 2 aromatic rings. The molecule has 3 nitrogen and oxygen atoms in total. The average Bonchev–Trinajstić information content (AvgIpc) is 2.83. The zero-order valence-corrected chi connectivity index (χ0v) is 11.9. The molecule has 0 unspecified atom stereocenters. The summed E-state index contributed by atoms with van der Waals surface area (Å²) in [6.45, 7) is 4.55. The minimum absolute atomic E-state index is 0.146. The predicted octanol–water partition coefficient (Wildman–Crippen LogP) is 3.42. The van der Waals surface area contributed by atoms with E-state index < -0.39 is 0 Å². The van der Waals surface area contributed by atoms with Gasteiger partial charge in [-0.15, -0.1) is 11.8 Å². The number of benzene rings is 1. The van der Waals surface area contributed by atoms with Gasteiger partial charge in [0.05, 0.1) is 6.26 Å². The van der Waals surface area contributed by atoms with Crippen LogP contribution < -0.4 is 5.32 Å². The minimum Gasteiger partial charge on any atom is -0.459 e. The maximum atomic E-state index is 11.8. The molecule has 19 heavy (non-hydrogen) atoms. The van der Waals surface area contributed by atoms with Gasteiger partial charge in [-0.3, -0.25) is 4.79 Å². The van der Waals surface area contributed by atoms with Crippen molar-refractivity contribution in [1.29, 1.82) is 0 Å². The summed E-state index contributed by atoms with van der Waals surface area (Å²) < 4.78 is 5.14. The summed E-state index contributed by atoms with van der Waals surface area (Å²) in [5, 5.41) is 2.85. The molecular formula is C15H17NO2S. The number of aryl methyl sites for hydroxylation is 2. The third kappa shape index (κ3) is 3.89. The van der Waals surface area contributed by atoms with Gasteiger partial charge in [0.1, 0.15) is 0 Å². The Labute approximate surface area is 117 Å². The van der Waals surface area contributed by atoms with E-state index in [1.807, 2.05) is 6.92 Å². The van der Waals surface area contributed by atoms with Gasteiger partial charge in [-0.2, -0.15) is 0 Å². The average molecular weight is 275 g/mol. The van der Waals surface area contributed by atoms with Crippen molar-refractivity contribution in [3.8, 4) is 0 Å². The number of rotatable bonds is 5. The summed E-state index contributed by atoms with van der Waals surface area (Å²) in [4.78, 5) is 13.0. The smallest absolute Gasteiger partial charge is 0.287 e. The summed E-state index contributed by atoms with van der Waals surface area (Å²) in [6, 6.07) is 10.2. The summed E-state index contributed by atoms with van der Waals surface area (Å²) in [5.41, 5.74) is 2.12. The Bertz CT molecular complexity index is 546. The second-order valence-corrected chi connectivity index (χ2v) is 5.52. The topological polar surface area (TPSA) is 42.2 Å². The number of carbonyl (C=O) groups is 1. The number of thioether (sulfide) groups is 1. The highest BCUT2D eigenvalue weighted by atomic mass is 32.2. The normalized spacial score (nSPS) is 10.4. The number of hydrogen-bond donors (Lipinski definition) is 1. The van der Waals surface area contributed by atoms with Crippen LogP contribution in [0.5, 0.6) is 0 Å². The molecule has 1 N–H and O–H groups in total. The van der Waals surface area contributed by atoms with Crippen molar-refractivity contribution in [3.63, 3.8) is 0 Å². The van der Waals surface area contributed by atoms with Crippen molar-refractivity contribution in [2.45, 2.75) is 18.7 Å². The van der Waals surface area contributed by atoms with Crippen LogP contribution in [0, 0.1) is 13.8 Å². The van der Waals surface area contributed by atoms with Crippen molar-refractivity contribution in [1.82, 2.24) is 5.32 Å². The molecule has 0 aliphatic heterocycles. The molecule has 0 aliphatic rings. The lowest BCUT2D eigenvalue weighted by Gasteiger charge is -2.04. The lowest BCUT2D eigenvalue weighted by atomic mass is 10.2. The summed E-state index contributed by atoms with van der Waals surface area (Å²) >= 11 is 1.73. The maximum Gasteiger partial charge on any atom is 0.287 e. The molecule has 2 rings (SSSR count). The zero-order chi connectivity index (χ0) is 13.7. The van der Waals surface area contributed by atoms with E-state index in [1.54, 1.807) is 17.8 Å². The van der Waals surface area contributed by atoms with E-state index in [4.69, 9.17) is 4.42 Å². The summed E-state index contributed by atoms with van der Waals surface area (Å²) in [7, 11) is 0. The van der Waals surface area contributed by atoms with Crippen molar-refractivity contribution in [2.24, 2.45) is 0 Å². The fraction of sp³-hybridized carbons (Fsp3) is 0.267. The molecule has 0 saturated carbocycles. The standard InChI is InChI=1S/C15H17NO2S/c1-11-3-5-13(6-4-11)19-10-8-16-15(17)14-12(2)7-9-18-14/h3-7,9H,8,10H2,1-2H3,(H,16,17). The van der Waals surface area contributed by atoms with Crippen LogP contribution in [0.25, 0.3) is 0 Å². The zero-order valence-electron chi connectivity index (χ0n) is 11.1. The first-order chi connectivity index (χ1) is 9.16. The fourth-order valence-corrected chi connectivity index (χ4v) is 2.42. The van der Waals surface area contributed by atoms with Crippen LogP contribution in [0.15, 0.2) is 45.9 Å². The Balaban J connectivity index is 1.74. The van der Waals surface area contributed by atoms with Crippen molar-refractivity contribution in [3.05, 3.63) is 53.5 Å². The van der Waals surface area contributed by atoms with Crippen LogP contribution in [0.2, 0.25) is 0 Å². The number of furan rings is 1. The molecule has 0 spiro atoms. The Hall–Kier alpha value is -1.68. The number of nitrogens with one attached hydrogen (secondary N) is 1. The van der Waals surface area contributed by atoms with Gasteiger partial charge in [-0.05, 0) is 32.0 Å². The minimum atomic E-state index is -0.146. The van der Waals surface area contributed by atoms with Crippen LogP contribution in [-0.4, -0.2) is 18.2 Å². The lowest BCUT2D eigenvalue weighted by Crippen LogP contribution is -2.25. The van der Waals surface area contributed by atoms with Gasteiger partial charge < -0.3 is 9.73 Å². The Kier molecular flexibility index (Phi) is 4.68. The maximum absolute atomic E-state index is 11.8. The van der Waals surface area contributed by atoms with E-state index in [9.17, 15) is 4.79 Å². The van der Waals surface area contributed by atoms with E-state index in [1.165, 1.54) is 16.7 Å². The third-order valence-electron chi connectivity index (χ3n) is 2.75. The van der Waals surface area contributed by atoms with Crippen molar-refractivity contribution >= 4 is 17.7 Å². The van der Waals surface area contributed by atoms with Gasteiger partial charge in [0.2, 0.25) is 0 Å². The highest BCUT2D eigenvalue weighted by Gasteiger charge is 2.11. The summed E-state index contributed by atoms with van der Waals surface area (Å²) in [6.07, 6.45) is 1.53. The van der Waals surface area contributed by atoms with Gasteiger partial charge in [-0.25, -0.2) is 0 Å². The van der Waals surface area contributed by atoms with E-state index in [2.05, 4.69) is 36.5 Å². The lowest BCUT2D eigenvalue weighted by molar-refractivity contribution is 0.0927. The molecular weight excluding hydrogens is 258 g/mol. The molecule has 1 aromatic heterocycles. The van der Waals surface area contributed by atoms with Crippen molar-refractivity contribution in [2.75, 3.05) is 12.3 Å². The van der Waals surface area contributed by atoms with Gasteiger partial charge in [0.25, 0.3) is 5.91 Å². The summed E-state index contributed by atoms with van der Waals surface area (Å²) in [5.74, 6) is 1.10. The van der Waals surface area contributed by atoms with E-state index >= 15 is 0 Å². The molecule has 0 saturated heterocycles. The van der Waals surface area contributed by atoms with Crippen LogP contribution >= 0.6 is 11.8 Å². The number of hydrogen-bond acceptors (Lipinski definition) is 3. The van der Waals surface area contributed by atoms with E-state index in [0.717, 1.165) is 11.3 Å². The highest BCUT2D eigenvalue weighted by Crippen LogP contribution is 2.17. The molecule has 100 valence electrons. The van der Waals surface area contributed by atoms with Crippen LogP contribution in [-0.2, 0) is 0 Å². The monoisotopic (exact) mass is 275 g/mol. The molecule has 0 radical (unpaired) electrons. The first-order valence-electron chi connectivity index (χ1n) is 6.18. The number of carbonyl (C=O) groups excluding carboxylic acids is 1. The SMILES string of the molecule is Cc1ccc(SCCNC(=O)c2occc2C)cc1. The molecule has 1 aromatic carbocycles. The first-order valence-corrected chi connectivity index (χ1v) is 7.17. The van der Waals surface area contributed by atoms with Crippen LogP contribution in [0.1, 0.15) is 21.7 Å². The number of amides is 1. The Morgan fingerprint density at radius 2 is 1.95 bits per heavy atom. The van der Waals surface area contributed by atoms with Crippen molar-refractivity contribution < 1.29 is 9.21 Å². The highest BCUT2D eigenvalue weighted by molar-refractivity contribution is 7.99. The van der Waals surface area contributed by atoms with Gasteiger partial charge in [-0.1, -0.05) is 17.7 Å².